The second-order valence-corrected chi connectivity index (χ2v) is 8.39. The molecular weight excluding hydrogens is 294 g/mol. The van der Waals surface area contributed by atoms with Crippen molar-refractivity contribution >= 4 is 21.8 Å². The Morgan fingerprint density at radius 2 is 1.86 bits per heavy atom. The summed E-state index contributed by atoms with van der Waals surface area (Å²) in [6.45, 7) is 4.26. The van der Waals surface area contributed by atoms with Crippen molar-refractivity contribution in [3.05, 3.63) is 0 Å². The molecule has 0 aromatic carbocycles. The van der Waals surface area contributed by atoms with E-state index in [1.807, 2.05) is 0 Å². The van der Waals surface area contributed by atoms with Crippen LogP contribution in [-0.4, -0.2) is 68.0 Å². The molecule has 2 fully saturated rings. The SMILES string of the molecule is CC1CCN(CN2C(=O)N[C@@H](CCS(C)(=O)=O)C2=O)CC1. The van der Waals surface area contributed by atoms with Crippen LogP contribution in [0, 0.1) is 5.92 Å². The van der Waals surface area contributed by atoms with Crippen LogP contribution in [0.5, 0.6) is 0 Å². The van der Waals surface area contributed by atoms with Gasteiger partial charge in [0.25, 0.3) is 5.91 Å². The Morgan fingerprint density at radius 1 is 1.24 bits per heavy atom. The minimum absolute atomic E-state index is 0.0985. The first-order chi connectivity index (χ1) is 9.76. The summed E-state index contributed by atoms with van der Waals surface area (Å²) in [5.74, 6) is 0.271. The maximum atomic E-state index is 12.2. The average Bonchev–Trinajstić information content (AvgIpc) is 2.66. The normalized spacial score (nSPS) is 25.4. The fourth-order valence-electron chi connectivity index (χ4n) is 2.64. The minimum Gasteiger partial charge on any atom is -0.326 e. The molecule has 1 N–H and O–H groups in total. The van der Waals surface area contributed by atoms with Gasteiger partial charge in [-0.25, -0.2) is 18.1 Å². The van der Waals surface area contributed by atoms with Gasteiger partial charge in [-0.05, 0) is 25.2 Å². The molecular formula is C13H23N3O4S. The maximum Gasteiger partial charge on any atom is 0.325 e. The molecule has 8 heteroatoms. The van der Waals surface area contributed by atoms with Gasteiger partial charge in [0.15, 0.2) is 0 Å². The summed E-state index contributed by atoms with van der Waals surface area (Å²) in [6, 6.07) is -1.13. The molecule has 0 radical (unpaired) electrons. The van der Waals surface area contributed by atoms with Gasteiger partial charge >= 0.3 is 6.03 Å². The van der Waals surface area contributed by atoms with Crippen molar-refractivity contribution in [3.8, 4) is 0 Å². The lowest BCUT2D eigenvalue weighted by Crippen LogP contribution is -2.45. The molecule has 2 saturated heterocycles. The quantitative estimate of drug-likeness (QED) is 0.723. The van der Waals surface area contributed by atoms with Crippen LogP contribution in [0.15, 0.2) is 0 Å². The summed E-state index contributed by atoms with van der Waals surface area (Å²) >= 11 is 0. The molecule has 21 heavy (non-hydrogen) atoms. The molecule has 0 aliphatic carbocycles. The van der Waals surface area contributed by atoms with Crippen molar-refractivity contribution < 1.29 is 18.0 Å². The molecule has 0 saturated carbocycles. The van der Waals surface area contributed by atoms with Crippen LogP contribution in [0.1, 0.15) is 26.2 Å². The molecule has 0 unspecified atom stereocenters. The summed E-state index contributed by atoms with van der Waals surface area (Å²) in [5.41, 5.74) is 0. The van der Waals surface area contributed by atoms with Gasteiger partial charge in [0.2, 0.25) is 0 Å². The fourth-order valence-corrected chi connectivity index (χ4v) is 3.31. The van der Waals surface area contributed by atoms with E-state index in [0.29, 0.717) is 12.6 Å². The van der Waals surface area contributed by atoms with E-state index >= 15 is 0 Å². The molecule has 2 aliphatic heterocycles. The van der Waals surface area contributed by atoms with Crippen LogP contribution < -0.4 is 5.32 Å². The number of piperidine rings is 1. The van der Waals surface area contributed by atoms with E-state index in [1.165, 1.54) is 4.90 Å². The second-order valence-electron chi connectivity index (χ2n) is 6.13. The highest BCUT2D eigenvalue weighted by Crippen LogP contribution is 2.18. The Balaban J connectivity index is 1.89. The third-order valence-corrected chi connectivity index (χ3v) is 5.08. The van der Waals surface area contributed by atoms with Crippen LogP contribution in [0.4, 0.5) is 4.79 Å². The summed E-state index contributed by atoms with van der Waals surface area (Å²) in [4.78, 5) is 27.4. The van der Waals surface area contributed by atoms with E-state index < -0.39 is 21.9 Å². The van der Waals surface area contributed by atoms with Crippen molar-refractivity contribution in [2.24, 2.45) is 5.92 Å². The van der Waals surface area contributed by atoms with E-state index in [9.17, 15) is 18.0 Å². The topological polar surface area (TPSA) is 86.8 Å². The van der Waals surface area contributed by atoms with Crippen molar-refractivity contribution in [2.75, 3.05) is 31.8 Å². The smallest absolute Gasteiger partial charge is 0.325 e. The van der Waals surface area contributed by atoms with E-state index in [1.54, 1.807) is 0 Å². The van der Waals surface area contributed by atoms with Gasteiger partial charge < -0.3 is 5.32 Å². The van der Waals surface area contributed by atoms with Crippen LogP contribution in [0.2, 0.25) is 0 Å². The van der Waals surface area contributed by atoms with Crippen LogP contribution in [-0.2, 0) is 14.6 Å². The van der Waals surface area contributed by atoms with E-state index in [4.69, 9.17) is 0 Å². The number of imide groups is 1. The van der Waals surface area contributed by atoms with Crippen molar-refractivity contribution in [3.63, 3.8) is 0 Å². The van der Waals surface area contributed by atoms with Crippen LogP contribution in [0.3, 0.4) is 0 Å². The molecule has 0 aromatic rings. The number of nitrogens with one attached hydrogen (secondary N) is 1. The molecule has 2 aliphatic rings. The number of urea groups is 1. The molecule has 2 rings (SSSR count). The van der Waals surface area contributed by atoms with Crippen molar-refractivity contribution in [1.29, 1.82) is 0 Å². The molecule has 2 heterocycles. The van der Waals surface area contributed by atoms with Gasteiger partial charge in [0, 0.05) is 19.3 Å². The number of nitrogens with zero attached hydrogens (tertiary/aromatic N) is 2. The largest absolute Gasteiger partial charge is 0.326 e. The zero-order valence-electron chi connectivity index (χ0n) is 12.5. The van der Waals surface area contributed by atoms with Crippen LogP contribution >= 0.6 is 0 Å². The third-order valence-electron chi connectivity index (χ3n) is 4.10. The molecule has 3 amide bonds. The number of rotatable bonds is 5. The summed E-state index contributed by atoms with van der Waals surface area (Å²) in [5, 5.41) is 2.57. The molecule has 0 spiro atoms. The average molecular weight is 317 g/mol. The molecule has 0 aromatic heterocycles. The Morgan fingerprint density at radius 3 is 2.43 bits per heavy atom. The number of carbonyl (C=O) groups is 2. The monoisotopic (exact) mass is 317 g/mol. The zero-order valence-corrected chi connectivity index (χ0v) is 13.4. The first kappa shape index (κ1) is 16.2. The second kappa shape index (κ2) is 6.31. The summed E-state index contributed by atoms with van der Waals surface area (Å²) in [7, 11) is -3.14. The number of likely N-dealkylation sites (tertiary alicyclic amines) is 1. The van der Waals surface area contributed by atoms with E-state index in [0.717, 1.165) is 32.2 Å². The number of hydrogen-bond donors (Lipinski definition) is 1. The third kappa shape index (κ3) is 4.41. The first-order valence-electron chi connectivity index (χ1n) is 7.28. The van der Waals surface area contributed by atoms with Gasteiger partial charge in [-0.3, -0.25) is 9.69 Å². The lowest BCUT2D eigenvalue weighted by Gasteiger charge is -2.32. The number of carbonyl (C=O) groups excluding carboxylic acids is 2. The van der Waals surface area contributed by atoms with Gasteiger partial charge in [-0.15, -0.1) is 0 Å². The van der Waals surface area contributed by atoms with Gasteiger partial charge in [-0.1, -0.05) is 6.92 Å². The molecule has 7 nitrogen and oxygen atoms in total. The van der Waals surface area contributed by atoms with Gasteiger partial charge in [-0.2, -0.15) is 0 Å². The zero-order chi connectivity index (χ0) is 15.6. The molecule has 1 atom stereocenters. The lowest BCUT2D eigenvalue weighted by atomic mass is 10.00. The predicted molar refractivity (Wildman–Crippen MR) is 78.3 cm³/mol. The van der Waals surface area contributed by atoms with E-state index in [2.05, 4.69) is 17.1 Å². The van der Waals surface area contributed by atoms with Crippen LogP contribution in [0.25, 0.3) is 0 Å². The Kier molecular flexibility index (Phi) is 4.88. The summed E-state index contributed by atoms with van der Waals surface area (Å²) in [6.07, 6.45) is 3.40. The molecule has 0 bridgehead atoms. The highest BCUT2D eigenvalue weighted by Gasteiger charge is 2.39. The Hall–Kier alpha value is -1.15. The molecule has 120 valence electrons. The van der Waals surface area contributed by atoms with Crippen molar-refractivity contribution in [2.45, 2.75) is 32.2 Å². The minimum atomic E-state index is -3.14. The Bertz CT molecular complexity index is 512. The summed E-state index contributed by atoms with van der Waals surface area (Å²) < 4.78 is 22.3. The van der Waals surface area contributed by atoms with E-state index in [-0.39, 0.29) is 18.1 Å². The highest BCUT2D eigenvalue weighted by atomic mass is 32.2. The van der Waals surface area contributed by atoms with Gasteiger partial charge in [0.05, 0.1) is 12.4 Å². The lowest BCUT2D eigenvalue weighted by molar-refractivity contribution is -0.129. The number of amides is 3. The van der Waals surface area contributed by atoms with Crippen molar-refractivity contribution in [1.82, 2.24) is 15.1 Å². The fraction of sp³-hybridized carbons (Fsp3) is 0.846. The maximum absolute atomic E-state index is 12.2. The first-order valence-corrected chi connectivity index (χ1v) is 9.34. The van der Waals surface area contributed by atoms with Gasteiger partial charge in [0.1, 0.15) is 15.9 Å². The highest BCUT2D eigenvalue weighted by molar-refractivity contribution is 7.90. The standard InChI is InChI=1S/C13H23N3O4S/c1-10-3-6-15(7-4-10)9-16-12(17)11(14-13(16)18)5-8-21(2,19)20/h10-11H,3-9H2,1-2H3,(H,14,18)/t11-/m0/s1. The number of hydrogen-bond acceptors (Lipinski definition) is 5. The number of sulfone groups is 1. The predicted octanol–water partition coefficient (Wildman–Crippen LogP) is 0.0309. The Labute approximate surface area is 125 Å².